The monoisotopic (exact) mass is 291 g/mol. The number of H-pyrrole nitrogens is 1. The Morgan fingerprint density at radius 2 is 2.14 bits per heavy atom. The second-order valence-corrected chi connectivity index (χ2v) is 7.92. The summed E-state index contributed by atoms with van der Waals surface area (Å²) in [6, 6.07) is 0.634. The summed E-state index contributed by atoms with van der Waals surface area (Å²) in [6.07, 6.45) is 3.61. The maximum atomic E-state index is 4.74. The summed E-state index contributed by atoms with van der Waals surface area (Å²) < 4.78 is 0. The third-order valence-electron chi connectivity index (χ3n) is 5.38. The second kappa shape index (κ2) is 5.59. The molecule has 2 saturated heterocycles. The van der Waals surface area contributed by atoms with Crippen molar-refractivity contribution in [2.75, 3.05) is 24.5 Å². The maximum Gasteiger partial charge on any atom is 0.244 e. The third kappa shape index (κ3) is 3.23. The molecule has 5 nitrogen and oxygen atoms in total. The molecule has 2 N–H and O–H groups in total. The highest BCUT2D eigenvalue weighted by Crippen LogP contribution is 2.29. The van der Waals surface area contributed by atoms with Gasteiger partial charge in [0.25, 0.3) is 0 Å². The van der Waals surface area contributed by atoms with E-state index in [0.29, 0.717) is 17.4 Å². The van der Waals surface area contributed by atoms with Crippen molar-refractivity contribution < 1.29 is 0 Å². The van der Waals surface area contributed by atoms with E-state index in [2.05, 4.69) is 48.1 Å². The van der Waals surface area contributed by atoms with Crippen LogP contribution in [0.25, 0.3) is 0 Å². The zero-order chi connectivity index (χ0) is 15.0. The Hall–Kier alpha value is -1.10. The predicted octanol–water partition coefficient (Wildman–Crippen LogP) is 2.22. The fourth-order valence-electron chi connectivity index (χ4n) is 3.32. The summed E-state index contributed by atoms with van der Waals surface area (Å²) in [5.74, 6) is 3.27. The van der Waals surface area contributed by atoms with Crippen LogP contribution in [-0.4, -0.2) is 40.9 Å². The van der Waals surface area contributed by atoms with Crippen LogP contribution in [0, 0.1) is 17.3 Å². The van der Waals surface area contributed by atoms with E-state index in [1.807, 2.05) is 0 Å². The Labute approximate surface area is 127 Å². The molecule has 21 heavy (non-hydrogen) atoms. The number of fused-ring (bicyclic) bond motifs is 1. The van der Waals surface area contributed by atoms with Crippen LogP contribution in [0.2, 0.25) is 0 Å². The lowest BCUT2D eigenvalue weighted by Gasteiger charge is -2.26. The van der Waals surface area contributed by atoms with Gasteiger partial charge in [0.2, 0.25) is 5.95 Å². The van der Waals surface area contributed by atoms with Gasteiger partial charge in [0.15, 0.2) is 0 Å². The summed E-state index contributed by atoms with van der Waals surface area (Å²) in [6.45, 7) is 12.5. The molecule has 0 aliphatic carbocycles. The SMILES string of the molecule is CC(Cc1nc(N2CC3CCCNC3C2)n[nH]1)C(C)(C)C. The van der Waals surface area contributed by atoms with Crippen molar-refractivity contribution >= 4 is 5.95 Å². The van der Waals surface area contributed by atoms with Crippen LogP contribution < -0.4 is 10.2 Å². The van der Waals surface area contributed by atoms with Gasteiger partial charge in [-0.1, -0.05) is 27.7 Å². The number of nitrogens with one attached hydrogen (secondary N) is 2. The largest absolute Gasteiger partial charge is 0.338 e. The molecule has 1 aromatic rings. The van der Waals surface area contributed by atoms with Crippen molar-refractivity contribution in [3.8, 4) is 0 Å². The molecule has 0 radical (unpaired) electrons. The maximum absolute atomic E-state index is 4.74. The molecule has 5 heteroatoms. The first-order chi connectivity index (χ1) is 9.93. The van der Waals surface area contributed by atoms with E-state index < -0.39 is 0 Å². The van der Waals surface area contributed by atoms with E-state index in [1.54, 1.807) is 0 Å². The Morgan fingerprint density at radius 1 is 1.33 bits per heavy atom. The number of anilines is 1. The van der Waals surface area contributed by atoms with Gasteiger partial charge in [-0.05, 0) is 36.6 Å². The lowest BCUT2D eigenvalue weighted by molar-refractivity contribution is 0.257. The molecule has 0 amide bonds. The Balaban J connectivity index is 1.63. The summed E-state index contributed by atoms with van der Waals surface area (Å²) >= 11 is 0. The Kier molecular flexibility index (Phi) is 3.95. The highest BCUT2D eigenvalue weighted by molar-refractivity contribution is 5.32. The molecule has 2 aliphatic rings. The molecule has 0 saturated carbocycles. The highest BCUT2D eigenvalue weighted by atomic mass is 15.4. The number of nitrogens with zero attached hydrogens (tertiary/aromatic N) is 3. The van der Waals surface area contributed by atoms with Gasteiger partial charge in [0, 0.05) is 25.6 Å². The minimum absolute atomic E-state index is 0.305. The zero-order valence-electron chi connectivity index (χ0n) is 13.8. The Morgan fingerprint density at radius 3 is 2.86 bits per heavy atom. The topological polar surface area (TPSA) is 56.8 Å². The average Bonchev–Trinajstić information content (AvgIpc) is 3.02. The summed E-state index contributed by atoms with van der Waals surface area (Å²) in [5.41, 5.74) is 0.305. The molecule has 2 fully saturated rings. The first kappa shape index (κ1) is 14.8. The molecule has 0 spiro atoms. The molecule has 3 rings (SSSR count). The van der Waals surface area contributed by atoms with Gasteiger partial charge < -0.3 is 10.2 Å². The number of aromatic nitrogens is 3. The first-order valence-corrected chi connectivity index (χ1v) is 8.33. The van der Waals surface area contributed by atoms with Gasteiger partial charge in [-0.15, -0.1) is 5.10 Å². The molecule has 118 valence electrons. The zero-order valence-corrected chi connectivity index (χ0v) is 13.8. The molecule has 2 aliphatic heterocycles. The van der Waals surface area contributed by atoms with Gasteiger partial charge in [0.1, 0.15) is 5.82 Å². The quantitative estimate of drug-likeness (QED) is 0.896. The fraction of sp³-hybridized carbons (Fsp3) is 0.875. The Bertz CT molecular complexity index is 461. The van der Waals surface area contributed by atoms with Crippen LogP contribution >= 0.6 is 0 Å². The van der Waals surface area contributed by atoms with E-state index in [1.165, 1.54) is 12.8 Å². The fourth-order valence-corrected chi connectivity index (χ4v) is 3.32. The van der Waals surface area contributed by atoms with Gasteiger partial charge in [-0.25, -0.2) is 0 Å². The minimum Gasteiger partial charge on any atom is -0.338 e. The minimum atomic E-state index is 0.305. The van der Waals surface area contributed by atoms with Crippen molar-refractivity contribution in [2.24, 2.45) is 17.3 Å². The smallest absolute Gasteiger partial charge is 0.244 e. The first-order valence-electron chi connectivity index (χ1n) is 8.33. The number of hydrogen-bond acceptors (Lipinski definition) is 4. The van der Waals surface area contributed by atoms with Crippen LogP contribution in [0.5, 0.6) is 0 Å². The molecular weight excluding hydrogens is 262 g/mol. The van der Waals surface area contributed by atoms with E-state index in [9.17, 15) is 0 Å². The molecular formula is C16H29N5. The van der Waals surface area contributed by atoms with Crippen LogP contribution in [0.4, 0.5) is 5.95 Å². The van der Waals surface area contributed by atoms with Crippen molar-refractivity contribution in [3.05, 3.63) is 5.82 Å². The molecule has 3 unspecified atom stereocenters. The second-order valence-electron chi connectivity index (χ2n) is 7.92. The molecule has 0 aromatic carbocycles. The molecule has 0 bridgehead atoms. The van der Waals surface area contributed by atoms with Crippen molar-refractivity contribution in [3.63, 3.8) is 0 Å². The highest BCUT2D eigenvalue weighted by Gasteiger charge is 2.35. The van der Waals surface area contributed by atoms with Gasteiger partial charge in [-0.2, -0.15) is 4.98 Å². The number of aromatic amines is 1. The van der Waals surface area contributed by atoms with E-state index in [-0.39, 0.29) is 0 Å². The normalized spacial score (nSPS) is 27.7. The molecule has 3 atom stereocenters. The summed E-state index contributed by atoms with van der Waals surface area (Å²) in [7, 11) is 0. The van der Waals surface area contributed by atoms with Crippen LogP contribution in [0.15, 0.2) is 0 Å². The molecule has 3 heterocycles. The van der Waals surface area contributed by atoms with Crippen LogP contribution in [-0.2, 0) is 6.42 Å². The van der Waals surface area contributed by atoms with Gasteiger partial charge in [0.05, 0.1) is 0 Å². The number of rotatable bonds is 3. The number of piperidine rings is 1. The van der Waals surface area contributed by atoms with Gasteiger partial charge in [-0.3, -0.25) is 5.10 Å². The van der Waals surface area contributed by atoms with Crippen molar-refractivity contribution in [2.45, 2.75) is 53.0 Å². The average molecular weight is 291 g/mol. The van der Waals surface area contributed by atoms with Crippen LogP contribution in [0.3, 0.4) is 0 Å². The predicted molar refractivity (Wildman–Crippen MR) is 85.4 cm³/mol. The lowest BCUT2D eigenvalue weighted by Crippen LogP contribution is -2.40. The number of hydrogen-bond donors (Lipinski definition) is 2. The van der Waals surface area contributed by atoms with Gasteiger partial charge >= 0.3 is 0 Å². The van der Waals surface area contributed by atoms with E-state index >= 15 is 0 Å². The van der Waals surface area contributed by atoms with Crippen molar-refractivity contribution in [1.29, 1.82) is 0 Å². The summed E-state index contributed by atoms with van der Waals surface area (Å²) in [4.78, 5) is 7.08. The molecule has 1 aromatic heterocycles. The standard InChI is InChI=1S/C16H29N5/c1-11(16(2,3)4)8-14-18-15(20-19-14)21-9-12-6-5-7-17-13(12)10-21/h11-13,17H,5-10H2,1-4H3,(H,18,19,20). The van der Waals surface area contributed by atoms with E-state index in [4.69, 9.17) is 4.98 Å². The van der Waals surface area contributed by atoms with Crippen LogP contribution in [0.1, 0.15) is 46.4 Å². The van der Waals surface area contributed by atoms with Crippen molar-refractivity contribution in [1.82, 2.24) is 20.5 Å². The van der Waals surface area contributed by atoms with E-state index in [0.717, 1.165) is 43.7 Å². The lowest BCUT2D eigenvalue weighted by atomic mass is 9.80. The third-order valence-corrected chi connectivity index (χ3v) is 5.38. The summed E-state index contributed by atoms with van der Waals surface area (Å²) in [5, 5.41) is 11.2.